The summed E-state index contributed by atoms with van der Waals surface area (Å²) in [6.45, 7) is 1.37. The van der Waals surface area contributed by atoms with Crippen LogP contribution in [0, 0.1) is 0 Å². The van der Waals surface area contributed by atoms with E-state index < -0.39 is 30.4 Å². The standard InChI is InChI=1S/C21H25F3N4O4/c1-31-16-5-3-2-4-14(16)15(29)13-28-17(21(22,23)24)6-7-27-19(30)12-18(25-20(27)28)26-8-10-32-11-9-26/h2-5,12,15,17,29H,6-11,13H2,1H3. The van der Waals surface area contributed by atoms with E-state index in [4.69, 9.17) is 9.47 Å². The molecular weight excluding hydrogens is 429 g/mol. The number of rotatable bonds is 5. The van der Waals surface area contributed by atoms with E-state index >= 15 is 0 Å². The summed E-state index contributed by atoms with van der Waals surface area (Å²) < 4.78 is 53.6. The number of hydrogen-bond acceptors (Lipinski definition) is 7. The molecular formula is C21H25F3N4O4. The Kier molecular flexibility index (Phi) is 6.29. The number of nitrogens with zero attached hydrogens (tertiary/aromatic N) is 4. The van der Waals surface area contributed by atoms with Gasteiger partial charge in [0, 0.05) is 31.3 Å². The molecule has 1 aromatic carbocycles. The highest BCUT2D eigenvalue weighted by Gasteiger charge is 2.47. The van der Waals surface area contributed by atoms with Crippen LogP contribution in [0.25, 0.3) is 0 Å². The summed E-state index contributed by atoms with van der Waals surface area (Å²) in [5.41, 5.74) is -0.0615. The van der Waals surface area contributed by atoms with Crippen molar-refractivity contribution >= 4 is 11.8 Å². The Morgan fingerprint density at radius 2 is 1.97 bits per heavy atom. The highest BCUT2D eigenvalue weighted by Crippen LogP contribution is 2.36. The topological polar surface area (TPSA) is 80.1 Å². The van der Waals surface area contributed by atoms with Crippen molar-refractivity contribution in [1.29, 1.82) is 0 Å². The number of ether oxygens (including phenoxy) is 2. The van der Waals surface area contributed by atoms with Crippen molar-refractivity contribution in [1.82, 2.24) is 9.55 Å². The number of hydrogen-bond donors (Lipinski definition) is 1. The summed E-state index contributed by atoms with van der Waals surface area (Å²) in [6.07, 6.45) is -6.15. The smallest absolute Gasteiger partial charge is 0.408 e. The number of aliphatic hydroxyl groups is 1. The Labute approximate surface area is 182 Å². The van der Waals surface area contributed by atoms with Gasteiger partial charge in [0.15, 0.2) is 0 Å². The summed E-state index contributed by atoms with van der Waals surface area (Å²) in [7, 11) is 1.43. The van der Waals surface area contributed by atoms with Crippen LogP contribution < -0.4 is 20.1 Å². The molecule has 4 rings (SSSR count). The molecule has 0 spiro atoms. The maximum atomic E-state index is 13.9. The number of methoxy groups -OCH3 is 1. The number of alkyl halides is 3. The first-order chi connectivity index (χ1) is 15.3. The molecule has 174 valence electrons. The molecule has 3 heterocycles. The fraction of sp³-hybridized carbons (Fsp3) is 0.524. The third-order valence-corrected chi connectivity index (χ3v) is 5.81. The van der Waals surface area contributed by atoms with Crippen LogP contribution in [-0.4, -0.2) is 66.8 Å². The first-order valence-electron chi connectivity index (χ1n) is 10.4. The van der Waals surface area contributed by atoms with Crippen molar-refractivity contribution in [3.8, 4) is 5.75 Å². The van der Waals surface area contributed by atoms with E-state index in [1.54, 1.807) is 24.3 Å². The fourth-order valence-corrected chi connectivity index (χ4v) is 4.19. The monoisotopic (exact) mass is 454 g/mol. The van der Waals surface area contributed by atoms with Crippen LogP contribution in [0.2, 0.25) is 0 Å². The normalized spacial score (nSPS) is 20.1. The SMILES string of the molecule is COc1ccccc1C(O)CN1c2nc(N3CCOCC3)cc(=O)n2CCC1C(F)(F)F. The Hall–Kier alpha value is -2.79. The molecule has 0 bridgehead atoms. The van der Waals surface area contributed by atoms with E-state index in [0.717, 1.165) is 4.90 Å². The molecule has 0 radical (unpaired) electrons. The molecule has 1 fully saturated rings. The van der Waals surface area contributed by atoms with Crippen LogP contribution in [0.5, 0.6) is 5.75 Å². The average Bonchev–Trinajstić information content (AvgIpc) is 2.79. The highest BCUT2D eigenvalue weighted by atomic mass is 19.4. The molecule has 0 saturated carbocycles. The van der Waals surface area contributed by atoms with Crippen LogP contribution in [0.1, 0.15) is 18.1 Å². The highest BCUT2D eigenvalue weighted by molar-refractivity contribution is 5.47. The molecule has 2 aliphatic heterocycles. The van der Waals surface area contributed by atoms with Gasteiger partial charge in [0.1, 0.15) is 23.7 Å². The van der Waals surface area contributed by atoms with Crippen LogP contribution in [0.15, 0.2) is 35.1 Å². The van der Waals surface area contributed by atoms with E-state index in [0.29, 0.717) is 43.4 Å². The molecule has 2 aromatic rings. The largest absolute Gasteiger partial charge is 0.496 e. The lowest BCUT2D eigenvalue weighted by molar-refractivity contribution is -0.153. The summed E-state index contributed by atoms with van der Waals surface area (Å²) in [5.74, 6) is 0.582. The van der Waals surface area contributed by atoms with Crippen molar-refractivity contribution < 1.29 is 27.8 Å². The second kappa shape index (κ2) is 8.99. The molecule has 2 aliphatic rings. The minimum atomic E-state index is -4.56. The number of morpholine rings is 1. The van der Waals surface area contributed by atoms with Crippen LogP contribution in [0.4, 0.5) is 24.9 Å². The summed E-state index contributed by atoms with van der Waals surface area (Å²) in [6, 6.07) is 6.07. The van der Waals surface area contributed by atoms with E-state index in [1.165, 1.54) is 17.7 Å². The number of halogens is 3. The van der Waals surface area contributed by atoms with Gasteiger partial charge in [0.05, 0.1) is 26.9 Å². The number of para-hydroxylation sites is 1. The Morgan fingerprint density at radius 3 is 2.66 bits per heavy atom. The zero-order valence-corrected chi connectivity index (χ0v) is 17.6. The quantitative estimate of drug-likeness (QED) is 0.740. The Morgan fingerprint density at radius 1 is 1.25 bits per heavy atom. The minimum absolute atomic E-state index is 0.0958. The predicted molar refractivity (Wildman–Crippen MR) is 111 cm³/mol. The molecule has 0 aliphatic carbocycles. The second-order valence-electron chi connectivity index (χ2n) is 7.76. The summed E-state index contributed by atoms with van der Waals surface area (Å²) in [5, 5.41) is 10.8. The molecule has 2 atom stereocenters. The van der Waals surface area contributed by atoms with Crippen LogP contribution >= 0.6 is 0 Å². The maximum absolute atomic E-state index is 13.9. The van der Waals surface area contributed by atoms with Gasteiger partial charge in [0.25, 0.3) is 5.56 Å². The lowest BCUT2D eigenvalue weighted by atomic mass is 10.0. The van der Waals surface area contributed by atoms with Crippen LogP contribution in [-0.2, 0) is 11.3 Å². The molecule has 1 N–H and O–H groups in total. The van der Waals surface area contributed by atoms with Crippen molar-refractivity contribution in [2.45, 2.75) is 31.3 Å². The lowest BCUT2D eigenvalue weighted by Crippen LogP contribution is -2.54. The Balaban J connectivity index is 1.74. The first kappa shape index (κ1) is 22.4. The Bertz CT molecular complexity index is 1010. The molecule has 8 nitrogen and oxygen atoms in total. The minimum Gasteiger partial charge on any atom is -0.496 e. The number of anilines is 2. The van der Waals surface area contributed by atoms with Crippen molar-refractivity contribution in [2.24, 2.45) is 0 Å². The fourth-order valence-electron chi connectivity index (χ4n) is 4.19. The predicted octanol–water partition coefficient (Wildman–Crippen LogP) is 1.96. The maximum Gasteiger partial charge on any atom is 0.408 e. The van der Waals surface area contributed by atoms with Crippen LogP contribution in [0.3, 0.4) is 0 Å². The van der Waals surface area contributed by atoms with E-state index in [1.807, 2.05) is 4.90 Å². The van der Waals surface area contributed by atoms with E-state index in [9.17, 15) is 23.1 Å². The van der Waals surface area contributed by atoms with Gasteiger partial charge in [-0.15, -0.1) is 0 Å². The molecule has 11 heteroatoms. The molecule has 1 saturated heterocycles. The zero-order valence-electron chi connectivity index (χ0n) is 17.6. The third-order valence-electron chi connectivity index (χ3n) is 5.81. The number of fused-ring (bicyclic) bond motifs is 1. The molecule has 32 heavy (non-hydrogen) atoms. The van der Waals surface area contributed by atoms with Gasteiger partial charge in [-0.3, -0.25) is 9.36 Å². The zero-order chi connectivity index (χ0) is 22.9. The average molecular weight is 454 g/mol. The summed E-state index contributed by atoms with van der Waals surface area (Å²) >= 11 is 0. The van der Waals surface area contributed by atoms with Gasteiger partial charge in [-0.2, -0.15) is 18.2 Å². The molecule has 2 unspecified atom stereocenters. The third kappa shape index (κ3) is 4.40. The van der Waals surface area contributed by atoms with Gasteiger partial charge in [-0.1, -0.05) is 18.2 Å². The second-order valence-corrected chi connectivity index (χ2v) is 7.76. The summed E-state index contributed by atoms with van der Waals surface area (Å²) in [4.78, 5) is 20.0. The number of β-amino-alcohol motifs (C(OH)–C–C–N with tert-alkyl or cyclic N) is 1. The van der Waals surface area contributed by atoms with Gasteiger partial charge in [0.2, 0.25) is 5.95 Å². The van der Waals surface area contributed by atoms with Crippen molar-refractivity contribution in [3.63, 3.8) is 0 Å². The number of aliphatic hydroxyl groups excluding tert-OH is 1. The van der Waals surface area contributed by atoms with Gasteiger partial charge < -0.3 is 24.4 Å². The van der Waals surface area contributed by atoms with E-state index in [-0.39, 0.29) is 18.9 Å². The van der Waals surface area contributed by atoms with Gasteiger partial charge >= 0.3 is 6.18 Å². The lowest BCUT2D eigenvalue weighted by Gasteiger charge is -2.40. The van der Waals surface area contributed by atoms with Crippen molar-refractivity contribution in [3.05, 3.63) is 46.2 Å². The van der Waals surface area contributed by atoms with Crippen molar-refractivity contribution in [2.75, 3.05) is 49.8 Å². The van der Waals surface area contributed by atoms with E-state index in [2.05, 4.69) is 4.98 Å². The number of benzene rings is 1. The molecule has 0 amide bonds. The first-order valence-corrected chi connectivity index (χ1v) is 10.4. The molecule has 1 aromatic heterocycles. The number of aromatic nitrogens is 2. The van der Waals surface area contributed by atoms with Gasteiger partial charge in [-0.25, -0.2) is 0 Å². The van der Waals surface area contributed by atoms with Gasteiger partial charge in [-0.05, 0) is 12.5 Å².